The van der Waals surface area contributed by atoms with Crippen molar-refractivity contribution in [2.75, 3.05) is 46.6 Å². The average molecular weight is 458 g/mol. The number of hydrogen-bond acceptors (Lipinski definition) is 6. The van der Waals surface area contributed by atoms with Gasteiger partial charge in [-0.1, -0.05) is 18.2 Å². The summed E-state index contributed by atoms with van der Waals surface area (Å²) in [5, 5.41) is 5.14. The number of urea groups is 1. The van der Waals surface area contributed by atoms with Gasteiger partial charge in [-0.05, 0) is 36.4 Å². The predicted octanol–water partition coefficient (Wildman–Crippen LogP) is 4.35. The van der Waals surface area contributed by atoms with Gasteiger partial charge >= 0.3 is 12.4 Å². The number of amides is 2. The number of ether oxygens (including phenoxy) is 1. The summed E-state index contributed by atoms with van der Waals surface area (Å²) in [4.78, 5) is 25.1. The Hall–Kier alpha value is -4.02. The highest BCUT2D eigenvalue weighted by Gasteiger charge is 2.31. The number of nitrogens with zero attached hydrogens (tertiary/aromatic N) is 4. The number of carbonyl (C=O) groups excluding carboxylic acids is 1. The normalized spacial score (nSPS) is 14.0. The van der Waals surface area contributed by atoms with Crippen molar-refractivity contribution in [1.29, 1.82) is 0 Å². The molecular weight excluding hydrogens is 437 g/mol. The molecule has 0 atom stereocenters. The quantitative estimate of drug-likeness (QED) is 0.592. The molecule has 2 aromatic carbocycles. The Morgan fingerprint density at radius 1 is 0.879 bits per heavy atom. The molecule has 0 aliphatic carbocycles. The van der Waals surface area contributed by atoms with Gasteiger partial charge in [0.25, 0.3) is 0 Å². The Morgan fingerprint density at radius 3 is 2.21 bits per heavy atom. The number of para-hydroxylation sites is 1. The van der Waals surface area contributed by atoms with E-state index in [9.17, 15) is 18.0 Å². The second kappa shape index (κ2) is 9.63. The van der Waals surface area contributed by atoms with Crippen LogP contribution in [0.1, 0.15) is 0 Å². The van der Waals surface area contributed by atoms with E-state index in [1.165, 1.54) is 24.1 Å². The van der Waals surface area contributed by atoms with Crippen LogP contribution in [0, 0.1) is 0 Å². The first-order valence-electron chi connectivity index (χ1n) is 10.2. The van der Waals surface area contributed by atoms with Crippen LogP contribution in [-0.2, 0) is 0 Å². The summed E-state index contributed by atoms with van der Waals surface area (Å²) in [5.74, 6) is 0.628. The van der Waals surface area contributed by atoms with E-state index < -0.39 is 12.4 Å². The van der Waals surface area contributed by atoms with E-state index in [1.807, 2.05) is 18.2 Å². The lowest BCUT2D eigenvalue weighted by Gasteiger charge is -2.36. The van der Waals surface area contributed by atoms with Crippen LogP contribution in [0.4, 0.5) is 41.0 Å². The molecule has 0 unspecified atom stereocenters. The Kier molecular flexibility index (Phi) is 6.48. The van der Waals surface area contributed by atoms with Crippen molar-refractivity contribution in [3.8, 4) is 5.75 Å². The standard InChI is InChI=1S/C22H21F3N6O2/c23-22(24,25)33-18-8-6-16(7-9-18)28-21(32)29-19-14-20(27-15-26-19)31-12-10-30(11-13-31)17-4-2-1-3-5-17/h1-9,14-15H,10-13H2,(H2,26,27,28,29,32). The minimum Gasteiger partial charge on any atom is -0.406 e. The lowest BCUT2D eigenvalue weighted by Crippen LogP contribution is -2.46. The minimum atomic E-state index is -4.77. The molecule has 2 amide bonds. The molecule has 2 N–H and O–H groups in total. The van der Waals surface area contributed by atoms with Gasteiger partial charge in [-0.15, -0.1) is 13.2 Å². The summed E-state index contributed by atoms with van der Waals surface area (Å²) >= 11 is 0. The van der Waals surface area contributed by atoms with Crippen LogP contribution in [0.3, 0.4) is 0 Å². The molecule has 11 heteroatoms. The third-order valence-corrected chi connectivity index (χ3v) is 4.97. The second-order valence-electron chi connectivity index (χ2n) is 7.22. The van der Waals surface area contributed by atoms with E-state index in [0.29, 0.717) is 17.3 Å². The lowest BCUT2D eigenvalue weighted by atomic mass is 10.2. The van der Waals surface area contributed by atoms with Crippen molar-refractivity contribution >= 4 is 29.0 Å². The molecule has 0 radical (unpaired) electrons. The van der Waals surface area contributed by atoms with E-state index in [2.05, 4.69) is 47.3 Å². The molecule has 8 nitrogen and oxygen atoms in total. The number of aromatic nitrogens is 2. The van der Waals surface area contributed by atoms with Gasteiger partial charge in [-0.25, -0.2) is 14.8 Å². The lowest BCUT2D eigenvalue weighted by molar-refractivity contribution is -0.274. The smallest absolute Gasteiger partial charge is 0.406 e. The number of alkyl halides is 3. The van der Waals surface area contributed by atoms with Crippen molar-refractivity contribution in [2.45, 2.75) is 6.36 Å². The number of anilines is 4. The first-order chi connectivity index (χ1) is 15.9. The molecular formula is C22H21F3N6O2. The van der Waals surface area contributed by atoms with Gasteiger partial charge in [-0.2, -0.15) is 0 Å². The summed E-state index contributed by atoms with van der Waals surface area (Å²) in [6.45, 7) is 3.21. The van der Waals surface area contributed by atoms with E-state index in [-0.39, 0.29) is 5.75 Å². The summed E-state index contributed by atoms with van der Waals surface area (Å²) < 4.78 is 40.5. The zero-order valence-corrected chi connectivity index (χ0v) is 17.4. The third-order valence-electron chi connectivity index (χ3n) is 4.97. The monoisotopic (exact) mass is 458 g/mol. The van der Waals surface area contributed by atoms with Crippen LogP contribution in [-0.4, -0.2) is 48.5 Å². The number of benzene rings is 2. The fourth-order valence-electron chi connectivity index (χ4n) is 3.44. The molecule has 1 aliphatic heterocycles. The second-order valence-corrected chi connectivity index (χ2v) is 7.22. The summed E-state index contributed by atoms with van der Waals surface area (Å²) in [5.41, 5.74) is 1.48. The topological polar surface area (TPSA) is 82.6 Å². The molecule has 0 saturated carbocycles. The van der Waals surface area contributed by atoms with Crippen LogP contribution in [0.25, 0.3) is 0 Å². The maximum atomic E-state index is 12.3. The fourth-order valence-corrected chi connectivity index (χ4v) is 3.44. The van der Waals surface area contributed by atoms with Gasteiger partial charge in [0.2, 0.25) is 0 Å². The summed E-state index contributed by atoms with van der Waals surface area (Å²) in [6, 6.07) is 16.1. The highest BCUT2D eigenvalue weighted by Crippen LogP contribution is 2.24. The van der Waals surface area contributed by atoms with Gasteiger partial charge in [0, 0.05) is 43.6 Å². The van der Waals surface area contributed by atoms with Gasteiger partial charge in [-0.3, -0.25) is 5.32 Å². The number of halogens is 3. The highest BCUT2D eigenvalue weighted by atomic mass is 19.4. The zero-order valence-electron chi connectivity index (χ0n) is 17.4. The van der Waals surface area contributed by atoms with Crippen LogP contribution in [0.5, 0.6) is 5.75 Å². The first kappa shape index (κ1) is 22.2. The SMILES string of the molecule is O=C(Nc1ccc(OC(F)(F)F)cc1)Nc1cc(N2CCN(c3ccccc3)CC2)ncn1. The van der Waals surface area contributed by atoms with Crippen molar-refractivity contribution in [1.82, 2.24) is 9.97 Å². The van der Waals surface area contributed by atoms with Crippen molar-refractivity contribution in [2.24, 2.45) is 0 Å². The summed E-state index contributed by atoms with van der Waals surface area (Å²) in [7, 11) is 0. The number of nitrogens with one attached hydrogen (secondary N) is 2. The minimum absolute atomic E-state index is 0.299. The number of piperazine rings is 1. The maximum absolute atomic E-state index is 12.3. The Bertz CT molecular complexity index is 1070. The van der Waals surface area contributed by atoms with E-state index in [1.54, 1.807) is 6.07 Å². The maximum Gasteiger partial charge on any atom is 0.573 e. The van der Waals surface area contributed by atoms with Gasteiger partial charge in [0.1, 0.15) is 23.7 Å². The van der Waals surface area contributed by atoms with E-state index in [0.717, 1.165) is 38.3 Å². The molecule has 4 rings (SSSR count). The molecule has 33 heavy (non-hydrogen) atoms. The summed E-state index contributed by atoms with van der Waals surface area (Å²) in [6.07, 6.45) is -3.40. The van der Waals surface area contributed by atoms with Crippen LogP contribution >= 0.6 is 0 Å². The van der Waals surface area contributed by atoms with E-state index >= 15 is 0 Å². The van der Waals surface area contributed by atoms with Crippen molar-refractivity contribution in [3.63, 3.8) is 0 Å². The zero-order chi connectivity index (χ0) is 23.3. The molecule has 0 spiro atoms. The number of carbonyl (C=O) groups is 1. The van der Waals surface area contributed by atoms with Gasteiger partial charge < -0.3 is 19.9 Å². The predicted molar refractivity (Wildman–Crippen MR) is 119 cm³/mol. The fraction of sp³-hybridized carbons (Fsp3) is 0.227. The Labute approximate surface area is 188 Å². The third kappa shape index (κ3) is 6.25. The van der Waals surface area contributed by atoms with Crippen molar-refractivity contribution < 1.29 is 22.7 Å². The molecule has 1 saturated heterocycles. The molecule has 1 aromatic heterocycles. The molecule has 172 valence electrons. The molecule has 1 fully saturated rings. The highest BCUT2D eigenvalue weighted by molar-refractivity contribution is 5.99. The Morgan fingerprint density at radius 2 is 1.55 bits per heavy atom. The largest absolute Gasteiger partial charge is 0.573 e. The number of rotatable bonds is 5. The van der Waals surface area contributed by atoms with Gasteiger partial charge in [0.15, 0.2) is 0 Å². The van der Waals surface area contributed by atoms with Crippen LogP contribution in [0.15, 0.2) is 67.0 Å². The average Bonchev–Trinajstić information content (AvgIpc) is 2.80. The van der Waals surface area contributed by atoms with Gasteiger partial charge in [0.05, 0.1) is 0 Å². The van der Waals surface area contributed by atoms with Crippen molar-refractivity contribution in [3.05, 3.63) is 67.0 Å². The number of hydrogen-bond donors (Lipinski definition) is 2. The Balaban J connectivity index is 1.31. The molecule has 3 aromatic rings. The molecule has 0 bridgehead atoms. The first-order valence-corrected chi connectivity index (χ1v) is 10.2. The molecule has 2 heterocycles. The van der Waals surface area contributed by atoms with Crippen LogP contribution < -0.4 is 25.2 Å². The molecule has 1 aliphatic rings. The van der Waals surface area contributed by atoms with E-state index in [4.69, 9.17) is 0 Å². The van der Waals surface area contributed by atoms with Crippen LogP contribution in [0.2, 0.25) is 0 Å².